The van der Waals surface area contributed by atoms with Gasteiger partial charge in [0, 0.05) is 19.3 Å². The van der Waals surface area contributed by atoms with Crippen LogP contribution >= 0.6 is 0 Å². The number of esters is 3. The maximum absolute atomic E-state index is 12.8. The van der Waals surface area contributed by atoms with Crippen LogP contribution in [-0.2, 0) is 28.6 Å². The molecule has 0 fully saturated rings. The van der Waals surface area contributed by atoms with E-state index >= 15 is 0 Å². The maximum atomic E-state index is 12.8. The number of unbranched alkanes of at least 4 members (excludes halogenated alkanes) is 31. The predicted molar refractivity (Wildman–Crippen MR) is 261 cm³/mol. The molecular weight excluding hydrogens is 757 g/mol. The van der Waals surface area contributed by atoms with Crippen LogP contribution in [0, 0.1) is 17.8 Å². The first kappa shape index (κ1) is 59.4. The van der Waals surface area contributed by atoms with Crippen LogP contribution in [0.3, 0.4) is 0 Å². The first-order valence-corrected chi connectivity index (χ1v) is 27.1. The van der Waals surface area contributed by atoms with E-state index in [9.17, 15) is 14.4 Å². The molecule has 6 heteroatoms. The van der Waals surface area contributed by atoms with Crippen molar-refractivity contribution in [2.24, 2.45) is 17.8 Å². The van der Waals surface area contributed by atoms with Gasteiger partial charge in [-0.25, -0.2) is 0 Å². The van der Waals surface area contributed by atoms with Gasteiger partial charge in [-0.2, -0.15) is 0 Å². The Morgan fingerprint density at radius 2 is 0.475 bits per heavy atom. The van der Waals surface area contributed by atoms with Crippen LogP contribution in [0.2, 0.25) is 0 Å². The molecule has 0 aromatic carbocycles. The van der Waals surface area contributed by atoms with Crippen molar-refractivity contribution in [1.29, 1.82) is 0 Å². The molecule has 0 aromatic heterocycles. The number of ether oxygens (including phenoxy) is 3. The van der Waals surface area contributed by atoms with Crippen molar-refractivity contribution in [2.75, 3.05) is 13.2 Å². The lowest BCUT2D eigenvalue weighted by atomic mass is 10.0. The molecule has 6 nitrogen and oxygen atoms in total. The highest BCUT2D eigenvalue weighted by Gasteiger charge is 2.19. The van der Waals surface area contributed by atoms with Crippen molar-refractivity contribution in [2.45, 2.75) is 304 Å². The monoisotopic (exact) mass is 863 g/mol. The molecule has 0 heterocycles. The molecule has 0 bridgehead atoms. The summed E-state index contributed by atoms with van der Waals surface area (Å²) in [4.78, 5) is 38.0. The SMILES string of the molecule is CC(C)CCCCCCCCCCCCCCCC(=O)O[C@H](COC(=O)CCCCCCCCCCCCCC(C)C)COC(=O)CCCCCCCCCCCCC(C)C. The van der Waals surface area contributed by atoms with Gasteiger partial charge in [-0.1, -0.05) is 260 Å². The van der Waals surface area contributed by atoms with Gasteiger partial charge in [0.25, 0.3) is 0 Å². The van der Waals surface area contributed by atoms with Crippen LogP contribution in [-0.4, -0.2) is 37.2 Å². The smallest absolute Gasteiger partial charge is 0.306 e. The zero-order valence-corrected chi connectivity index (χ0v) is 42.0. The molecule has 61 heavy (non-hydrogen) atoms. The van der Waals surface area contributed by atoms with Crippen LogP contribution < -0.4 is 0 Å². The summed E-state index contributed by atoms with van der Waals surface area (Å²) in [6.45, 7) is 13.7. The number of carbonyl (C=O) groups excluding carboxylic acids is 3. The molecule has 1 atom stereocenters. The molecule has 0 saturated heterocycles. The van der Waals surface area contributed by atoms with Crippen LogP contribution in [0.15, 0.2) is 0 Å². The number of hydrogen-bond donors (Lipinski definition) is 0. The highest BCUT2D eigenvalue weighted by atomic mass is 16.6. The number of rotatable bonds is 48. The van der Waals surface area contributed by atoms with Crippen LogP contribution in [0.1, 0.15) is 298 Å². The molecule has 362 valence electrons. The second-order valence-electron chi connectivity index (χ2n) is 20.3. The molecular formula is C55H106O6. The zero-order chi connectivity index (χ0) is 44.9. The lowest BCUT2D eigenvalue weighted by Crippen LogP contribution is -2.30. The minimum atomic E-state index is -0.763. The molecule has 0 amide bonds. The van der Waals surface area contributed by atoms with Gasteiger partial charge >= 0.3 is 17.9 Å². The molecule has 0 spiro atoms. The molecule has 0 rings (SSSR count). The molecule has 0 N–H and O–H groups in total. The maximum Gasteiger partial charge on any atom is 0.306 e. The fraction of sp³-hybridized carbons (Fsp3) is 0.945. The Hall–Kier alpha value is -1.59. The molecule has 0 aliphatic heterocycles. The van der Waals surface area contributed by atoms with Gasteiger partial charge in [-0.05, 0) is 37.0 Å². The fourth-order valence-corrected chi connectivity index (χ4v) is 8.29. The highest BCUT2D eigenvalue weighted by Crippen LogP contribution is 2.18. The van der Waals surface area contributed by atoms with Crippen molar-refractivity contribution in [3.8, 4) is 0 Å². The molecule has 0 unspecified atom stereocenters. The Labute approximate surface area is 380 Å². The summed E-state index contributed by atoms with van der Waals surface area (Å²) in [6.07, 6.45) is 46.6. The Balaban J connectivity index is 4.32. The normalized spacial score (nSPS) is 12.1. The van der Waals surface area contributed by atoms with E-state index < -0.39 is 6.10 Å². The minimum absolute atomic E-state index is 0.0643. The van der Waals surface area contributed by atoms with Gasteiger partial charge in [0.1, 0.15) is 13.2 Å². The highest BCUT2D eigenvalue weighted by molar-refractivity contribution is 5.71. The van der Waals surface area contributed by atoms with E-state index in [0.29, 0.717) is 19.3 Å². The van der Waals surface area contributed by atoms with E-state index in [4.69, 9.17) is 14.2 Å². The van der Waals surface area contributed by atoms with Crippen LogP contribution in [0.5, 0.6) is 0 Å². The average molecular weight is 863 g/mol. The second kappa shape index (κ2) is 46.4. The van der Waals surface area contributed by atoms with Crippen molar-refractivity contribution in [3.63, 3.8) is 0 Å². The molecule has 0 saturated carbocycles. The average Bonchev–Trinajstić information content (AvgIpc) is 3.22. The summed E-state index contributed by atoms with van der Waals surface area (Å²) < 4.78 is 16.8. The van der Waals surface area contributed by atoms with Gasteiger partial charge in [0.15, 0.2) is 6.10 Å². The molecule has 0 aliphatic carbocycles. The van der Waals surface area contributed by atoms with Crippen molar-refractivity contribution < 1.29 is 28.6 Å². The predicted octanol–water partition coefficient (Wildman–Crippen LogP) is 17.6. The van der Waals surface area contributed by atoms with Gasteiger partial charge < -0.3 is 14.2 Å². The topological polar surface area (TPSA) is 78.9 Å². The summed E-state index contributed by atoms with van der Waals surface area (Å²) in [5.74, 6) is 1.63. The first-order chi connectivity index (χ1) is 29.6. The first-order valence-electron chi connectivity index (χ1n) is 27.1. The Morgan fingerprint density at radius 3 is 0.705 bits per heavy atom. The number of hydrogen-bond acceptors (Lipinski definition) is 6. The van der Waals surface area contributed by atoms with Gasteiger partial charge in [0.2, 0.25) is 0 Å². The van der Waals surface area contributed by atoms with E-state index in [-0.39, 0.29) is 31.1 Å². The van der Waals surface area contributed by atoms with E-state index in [1.54, 1.807) is 0 Å². The van der Waals surface area contributed by atoms with E-state index in [1.165, 1.54) is 180 Å². The fourth-order valence-electron chi connectivity index (χ4n) is 8.29. The molecule has 0 radical (unpaired) electrons. The number of carbonyl (C=O) groups is 3. The zero-order valence-electron chi connectivity index (χ0n) is 42.0. The third kappa shape index (κ3) is 49.3. The standard InChI is InChI=1S/C55H106O6/c1-49(2)41-35-29-23-17-11-8-7-9-13-22-28-34-40-46-55(58)61-52(48-60-54(57)45-39-33-27-21-16-15-19-25-31-37-43-51(5)6)47-59-53(56)44-38-32-26-20-14-10-12-18-24-30-36-42-50(3)4/h49-52H,7-48H2,1-6H3/t52-/m1/s1. The van der Waals surface area contributed by atoms with Crippen molar-refractivity contribution in [3.05, 3.63) is 0 Å². The quantitative estimate of drug-likeness (QED) is 0.0344. The van der Waals surface area contributed by atoms with Gasteiger partial charge in [0.05, 0.1) is 0 Å². The lowest BCUT2D eigenvalue weighted by Gasteiger charge is -2.18. The third-order valence-corrected chi connectivity index (χ3v) is 12.4. The van der Waals surface area contributed by atoms with E-state index in [1.807, 2.05) is 0 Å². The van der Waals surface area contributed by atoms with Crippen molar-refractivity contribution in [1.82, 2.24) is 0 Å². The van der Waals surface area contributed by atoms with Crippen LogP contribution in [0.4, 0.5) is 0 Å². The molecule has 0 aromatic rings. The summed E-state index contributed by atoms with van der Waals surface area (Å²) in [5.41, 5.74) is 0. The Kier molecular flexibility index (Phi) is 45.2. The summed E-state index contributed by atoms with van der Waals surface area (Å²) >= 11 is 0. The summed E-state index contributed by atoms with van der Waals surface area (Å²) in [7, 11) is 0. The summed E-state index contributed by atoms with van der Waals surface area (Å²) in [6, 6.07) is 0. The van der Waals surface area contributed by atoms with Gasteiger partial charge in [-0.15, -0.1) is 0 Å². The van der Waals surface area contributed by atoms with Crippen LogP contribution in [0.25, 0.3) is 0 Å². The van der Waals surface area contributed by atoms with E-state index in [2.05, 4.69) is 41.5 Å². The van der Waals surface area contributed by atoms with E-state index in [0.717, 1.165) is 75.5 Å². The third-order valence-electron chi connectivity index (χ3n) is 12.4. The largest absolute Gasteiger partial charge is 0.462 e. The van der Waals surface area contributed by atoms with Crippen molar-refractivity contribution >= 4 is 17.9 Å². The second-order valence-corrected chi connectivity index (χ2v) is 20.3. The summed E-state index contributed by atoms with van der Waals surface area (Å²) in [5, 5.41) is 0. The lowest BCUT2D eigenvalue weighted by molar-refractivity contribution is -0.167. The molecule has 0 aliphatic rings. The Bertz CT molecular complexity index is 945. The Morgan fingerprint density at radius 1 is 0.279 bits per heavy atom. The van der Waals surface area contributed by atoms with Gasteiger partial charge in [-0.3, -0.25) is 14.4 Å². The minimum Gasteiger partial charge on any atom is -0.462 e.